The Labute approximate surface area is 152 Å². The number of likely N-dealkylation sites (tertiary alicyclic amines) is 1. The second kappa shape index (κ2) is 8.93. The van der Waals surface area contributed by atoms with Gasteiger partial charge in [-0.05, 0) is 68.4 Å². The number of piperidine rings is 1. The largest absolute Gasteiger partial charge is 0.493 e. The summed E-state index contributed by atoms with van der Waals surface area (Å²) in [6, 6.07) is 6.36. The molecule has 5 heteroatoms. The minimum atomic E-state index is 0. The Morgan fingerprint density at radius 2 is 1.96 bits per heavy atom. The maximum Gasteiger partial charge on any atom is 0.161 e. The summed E-state index contributed by atoms with van der Waals surface area (Å²) in [6.07, 6.45) is 5.02. The fourth-order valence-corrected chi connectivity index (χ4v) is 3.93. The molecule has 0 aromatic heterocycles. The smallest absolute Gasteiger partial charge is 0.161 e. The van der Waals surface area contributed by atoms with Crippen LogP contribution in [0.25, 0.3) is 0 Å². The standard InChI is InChI=1S/C19H30N2O2.ClH/c1-3-12-23-18-13-16(4-5-17(18)22-2)14-21-11-8-19(15-21)6-9-20-10-7-19;/h4-5,13,20H,3,6-12,14-15H2,1-2H3;1H. The molecule has 0 atom stereocenters. The van der Waals surface area contributed by atoms with Crippen molar-refractivity contribution in [1.82, 2.24) is 10.2 Å². The van der Waals surface area contributed by atoms with Crippen LogP contribution in [0.4, 0.5) is 0 Å². The number of rotatable bonds is 6. The fraction of sp³-hybridized carbons (Fsp3) is 0.684. The van der Waals surface area contributed by atoms with E-state index in [4.69, 9.17) is 9.47 Å². The van der Waals surface area contributed by atoms with E-state index in [0.29, 0.717) is 5.41 Å². The van der Waals surface area contributed by atoms with E-state index in [9.17, 15) is 0 Å². The van der Waals surface area contributed by atoms with Crippen LogP contribution in [-0.4, -0.2) is 44.8 Å². The Kier molecular flexibility index (Phi) is 7.20. The number of benzene rings is 1. The molecular formula is C19H31ClN2O2. The average Bonchev–Trinajstić information content (AvgIpc) is 2.95. The predicted molar refractivity (Wildman–Crippen MR) is 100 cm³/mol. The summed E-state index contributed by atoms with van der Waals surface area (Å²) in [5.41, 5.74) is 1.89. The topological polar surface area (TPSA) is 33.7 Å². The summed E-state index contributed by atoms with van der Waals surface area (Å²) in [4.78, 5) is 2.61. The third-order valence-corrected chi connectivity index (χ3v) is 5.28. The zero-order valence-electron chi connectivity index (χ0n) is 15.0. The van der Waals surface area contributed by atoms with Gasteiger partial charge in [-0.25, -0.2) is 0 Å². The van der Waals surface area contributed by atoms with Gasteiger partial charge >= 0.3 is 0 Å². The van der Waals surface area contributed by atoms with Crippen LogP contribution in [0.15, 0.2) is 18.2 Å². The first-order valence-corrected chi connectivity index (χ1v) is 8.97. The molecule has 2 fully saturated rings. The molecule has 0 amide bonds. The molecular weight excluding hydrogens is 324 g/mol. The first-order valence-electron chi connectivity index (χ1n) is 8.97. The minimum absolute atomic E-state index is 0. The molecule has 24 heavy (non-hydrogen) atoms. The lowest BCUT2D eigenvalue weighted by Crippen LogP contribution is -2.38. The average molecular weight is 355 g/mol. The van der Waals surface area contributed by atoms with E-state index < -0.39 is 0 Å². The summed E-state index contributed by atoms with van der Waals surface area (Å²) in [5.74, 6) is 1.71. The van der Waals surface area contributed by atoms with Crippen LogP contribution in [0.3, 0.4) is 0 Å². The summed E-state index contributed by atoms with van der Waals surface area (Å²) in [6.45, 7) is 8.71. The van der Waals surface area contributed by atoms with Gasteiger partial charge in [0.25, 0.3) is 0 Å². The van der Waals surface area contributed by atoms with Gasteiger partial charge in [-0.3, -0.25) is 4.90 Å². The van der Waals surface area contributed by atoms with Gasteiger partial charge in [0.1, 0.15) is 0 Å². The van der Waals surface area contributed by atoms with Crippen molar-refractivity contribution in [2.45, 2.75) is 39.2 Å². The summed E-state index contributed by atoms with van der Waals surface area (Å²) in [5, 5.41) is 3.49. The van der Waals surface area contributed by atoms with Crippen molar-refractivity contribution in [3.63, 3.8) is 0 Å². The monoisotopic (exact) mass is 354 g/mol. The van der Waals surface area contributed by atoms with Gasteiger partial charge in [0.15, 0.2) is 11.5 Å². The quantitative estimate of drug-likeness (QED) is 0.848. The number of halogens is 1. The normalized spacial score (nSPS) is 19.9. The lowest BCUT2D eigenvalue weighted by atomic mass is 9.78. The van der Waals surface area contributed by atoms with Gasteiger partial charge in [-0.15, -0.1) is 12.4 Å². The number of hydrogen-bond donors (Lipinski definition) is 1. The second-order valence-electron chi connectivity index (χ2n) is 7.04. The molecule has 0 unspecified atom stereocenters. The first-order chi connectivity index (χ1) is 11.2. The third-order valence-electron chi connectivity index (χ3n) is 5.28. The Balaban J connectivity index is 0.00000208. The molecule has 2 heterocycles. The van der Waals surface area contributed by atoms with Crippen molar-refractivity contribution in [3.05, 3.63) is 23.8 Å². The van der Waals surface area contributed by atoms with E-state index in [2.05, 4.69) is 29.3 Å². The minimum Gasteiger partial charge on any atom is -0.493 e. The lowest BCUT2D eigenvalue weighted by molar-refractivity contribution is 0.194. The molecule has 136 valence electrons. The van der Waals surface area contributed by atoms with Gasteiger partial charge in [0.05, 0.1) is 13.7 Å². The molecule has 0 radical (unpaired) electrons. The molecule has 2 aliphatic rings. The van der Waals surface area contributed by atoms with Crippen molar-refractivity contribution in [2.24, 2.45) is 5.41 Å². The number of hydrogen-bond acceptors (Lipinski definition) is 4. The van der Waals surface area contributed by atoms with Crippen molar-refractivity contribution in [2.75, 3.05) is 39.9 Å². The predicted octanol–water partition coefficient (Wildman–Crippen LogP) is 3.48. The van der Waals surface area contributed by atoms with Crippen LogP contribution >= 0.6 is 12.4 Å². The molecule has 0 bridgehead atoms. The van der Waals surface area contributed by atoms with E-state index in [1.165, 1.54) is 51.0 Å². The first kappa shape index (κ1) is 19.4. The summed E-state index contributed by atoms with van der Waals surface area (Å²) >= 11 is 0. The Bertz CT molecular complexity index is 518. The molecule has 2 aliphatic heterocycles. The highest BCUT2D eigenvalue weighted by atomic mass is 35.5. The zero-order valence-corrected chi connectivity index (χ0v) is 15.8. The Hall–Kier alpha value is -0.970. The van der Waals surface area contributed by atoms with Gasteiger partial charge < -0.3 is 14.8 Å². The Morgan fingerprint density at radius 1 is 1.17 bits per heavy atom. The zero-order chi connectivity index (χ0) is 16.1. The molecule has 0 saturated carbocycles. The van der Waals surface area contributed by atoms with Crippen LogP contribution in [0.2, 0.25) is 0 Å². The van der Waals surface area contributed by atoms with Crippen LogP contribution in [-0.2, 0) is 6.54 Å². The summed E-state index contributed by atoms with van der Waals surface area (Å²) < 4.78 is 11.3. The molecule has 1 spiro atoms. The highest BCUT2D eigenvalue weighted by Gasteiger charge is 2.38. The molecule has 2 saturated heterocycles. The van der Waals surface area contributed by atoms with E-state index >= 15 is 0 Å². The molecule has 3 rings (SSSR count). The second-order valence-corrected chi connectivity index (χ2v) is 7.04. The number of ether oxygens (including phenoxy) is 2. The van der Waals surface area contributed by atoms with Crippen molar-refractivity contribution in [3.8, 4) is 11.5 Å². The Morgan fingerprint density at radius 3 is 2.67 bits per heavy atom. The van der Waals surface area contributed by atoms with Crippen LogP contribution in [0.5, 0.6) is 11.5 Å². The van der Waals surface area contributed by atoms with Crippen molar-refractivity contribution in [1.29, 1.82) is 0 Å². The van der Waals surface area contributed by atoms with Crippen LogP contribution in [0.1, 0.15) is 38.2 Å². The summed E-state index contributed by atoms with van der Waals surface area (Å²) in [7, 11) is 1.70. The van der Waals surface area contributed by atoms with Crippen molar-refractivity contribution >= 4 is 12.4 Å². The molecule has 1 aromatic carbocycles. The maximum absolute atomic E-state index is 5.84. The number of methoxy groups -OCH3 is 1. The molecule has 0 aliphatic carbocycles. The van der Waals surface area contributed by atoms with Gasteiger partial charge in [0, 0.05) is 13.1 Å². The maximum atomic E-state index is 5.84. The third kappa shape index (κ3) is 4.56. The van der Waals surface area contributed by atoms with E-state index in [-0.39, 0.29) is 12.4 Å². The highest BCUT2D eigenvalue weighted by molar-refractivity contribution is 5.85. The lowest BCUT2D eigenvalue weighted by Gasteiger charge is -2.34. The van der Waals surface area contributed by atoms with E-state index in [1.807, 2.05) is 6.07 Å². The molecule has 1 aromatic rings. The fourth-order valence-electron chi connectivity index (χ4n) is 3.93. The van der Waals surface area contributed by atoms with Crippen LogP contribution in [0, 0.1) is 5.41 Å². The number of nitrogens with one attached hydrogen (secondary N) is 1. The van der Waals surface area contributed by atoms with E-state index in [0.717, 1.165) is 31.1 Å². The molecule has 1 N–H and O–H groups in total. The van der Waals surface area contributed by atoms with Gasteiger partial charge in [-0.2, -0.15) is 0 Å². The van der Waals surface area contributed by atoms with Crippen LogP contribution < -0.4 is 14.8 Å². The van der Waals surface area contributed by atoms with Gasteiger partial charge in [-0.1, -0.05) is 13.0 Å². The highest BCUT2D eigenvalue weighted by Crippen LogP contribution is 2.39. The van der Waals surface area contributed by atoms with E-state index in [1.54, 1.807) is 7.11 Å². The van der Waals surface area contributed by atoms with Crippen molar-refractivity contribution < 1.29 is 9.47 Å². The van der Waals surface area contributed by atoms with Gasteiger partial charge in [0.2, 0.25) is 0 Å². The SMILES string of the molecule is CCCOc1cc(CN2CCC3(CCNCC3)C2)ccc1OC.Cl. The number of nitrogens with zero attached hydrogens (tertiary/aromatic N) is 1. The molecule has 4 nitrogen and oxygen atoms in total.